The van der Waals surface area contributed by atoms with Gasteiger partial charge in [-0.15, -0.1) is 0 Å². The Morgan fingerprint density at radius 3 is 2.85 bits per heavy atom. The van der Waals surface area contributed by atoms with Crippen molar-refractivity contribution in [3.05, 3.63) is 17.9 Å². The maximum atomic E-state index is 12.0. The van der Waals surface area contributed by atoms with Crippen molar-refractivity contribution < 1.29 is 17.6 Å². The zero-order chi connectivity index (χ0) is 14.6. The third-order valence-electron chi connectivity index (χ3n) is 3.12. The molecule has 1 aliphatic rings. The fraction of sp³-hybridized carbons (Fsp3) is 0.692. The van der Waals surface area contributed by atoms with E-state index in [1.165, 1.54) is 18.9 Å². The van der Waals surface area contributed by atoms with Gasteiger partial charge >= 0.3 is 0 Å². The first-order valence-corrected chi connectivity index (χ1v) is 8.30. The normalized spacial score (nSPS) is 17.3. The van der Waals surface area contributed by atoms with Crippen molar-refractivity contribution in [1.82, 2.24) is 10.0 Å². The van der Waals surface area contributed by atoms with Crippen LogP contribution in [0.1, 0.15) is 25.5 Å². The van der Waals surface area contributed by atoms with Gasteiger partial charge in [-0.25, -0.2) is 13.1 Å². The van der Waals surface area contributed by atoms with Crippen LogP contribution in [0.25, 0.3) is 0 Å². The topological polar surface area (TPSA) is 80.6 Å². The number of hydrogen-bond acceptors (Lipinski definition) is 5. The highest BCUT2D eigenvalue weighted by Gasteiger charge is 2.22. The van der Waals surface area contributed by atoms with E-state index in [4.69, 9.17) is 9.15 Å². The molecular formula is C13H22N2O4S. The molecule has 6 nitrogen and oxygen atoms in total. The highest BCUT2D eigenvalue weighted by molar-refractivity contribution is 7.89. The number of nitrogens with one attached hydrogen (secondary N) is 2. The number of ether oxygens (including phenoxy) is 1. The minimum absolute atomic E-state index is 0.0327. The summed E-state index contributed by atoms with van der Waals surface area (Å²) in [5, 5.41) is 3.25. The van der Waals surface area contributed by atoms with Crippen LogP contribution in [0.3, 0.4) is 0 Å². The molecule has 1 aromatic heterocycles. The van der Waals surface area contributed by atoms with Crippen LogP contribution in [0.5, 0.6) is 0 Å². The van der Waals surface area contributed by atoms with Gasteiger partial charge in [0.15, 0.2) is 0 Å². The van der Waals surface area contributed by atoms with Gasteiger partial charge in [0, 0.05) is 26.3 Å². The Kier molecular flexibility index (Phi) is 5.20. The van der Waals surface area contributed by atoms with E-state index in [1.807, 2.05) is 6.92 Å². The van der Waals surface area contributed by atoms with Crippen molar-refractivity contribution in [2.75, 3.05) is 20.3 Å². The molecule has 2 rings (SSSR count). The second kappa shape index (κ2) is 6.71. The molecule has 1 saturated carbocycles. The summed E-state index contributed by atoms with van der Waals surface area (Å²) in [6.07, 6.45) is 2.37. The van der Waals surface area contributed by atoms with Crippen molar-refractivity contribution >= 4 is 10.0 Å². The Morgan fingerprint density at radius 2 is 2.20 bits per heavy atom. The highest BCUT2D eigenvalue weighted by atomic mass is 32.2. The van der Waals surface area contributed by atoms with E-state index in [2.05, 4.69) is 10.0 Å². The summed E-state index contributed by atoms with van der Waals surface area (Å²) in [5.41, 5.74) is 0. The number of furan rings is 1. The fourth-order valence-corrected chi connectivity index (χ4v) is 2.91. The van der Waals surface area contributed by atoms with E-state index in [0.717, 1.165) is 0 Å². The predicted octanol–water partition coefficient (Wildman–Crippen LogP) is 1.09. The molecule has 1 heterocycles. The number of hydrogen-bond donors (Lipinski definition) is 2. The van der Waals surface area contributed by atoms with Gasteiger partial charge in [0.2, 0.25) is 5.09 Å². The molecule has 1 aliphatic carbocycles. The van der Waals surface area contributed by atoms with Crippen LogP contribution in [-0.2, 0) is 21.3 Å². The Morgan fingerprint density at radius 1 is 1.45 bits per heavy atom. The van der Waals surface area contributed by atoms with Gasteiger partial charge < -0.3 is 14.5 Å². The molecule has 2 N–H and O–H groups in total. The lowest BCUT2D eigenvalue weighted by molar-refractivity contribution is 0.161. The molecule has 1 atom stereocenters. The first kappa shape index (κ1) is 15.5. The Bertz CT molecular complexity index is 522. The third kappa shape index (κ3) is 4.59. The van der Waals surface area contributed by atoms with Crippen molar-refractivity contribution in [3.8, 4) is 0 Å². The molecule has 7 heteroatoms. The van der Waals surface area contributed by atoms with Crippen LogP contribution >= 0.6 is 0 Å². The Balaban J connectivity index is 1.87. The first-order chi connectivity index (χ1) is 9.51. The monoisotopic (exact) mass is 302 g/mol. The van der Waals surface area contributed by atoms with Crippen molar-refractivity contribution in [2.24, 2.45) is 5.92 Å². The number of sulfonamides is 1. The third-order valence-corrected chi connectivity index (χ3v) is 4.41. The standard InChI is InChI=1S/C13H22N2O4S/c1-10(9-18-2)7-15-20(16,17)13-6-5-12(19-13)8-14-11-3-4-11/h5-6,10-11,14-15H,3-4,7-9H2,1-2H3. The SMILES string of the molecule is COCC(C)CNS(=O)(=O)c1ccc(CNC2CC2)o1. The lowest BCUT2D eigenvalue weighted by Gasteiger charge is -2.10. The highest BCUT2D eigenvalue weighted by Crippen LogP contribution is 2.20. The molecule has 1 unspecified atom stereocenters. The molecular weight excluding hydrogens is 280 g/mol. The molecule has 0 aliphatic heterocycles. The largest absolute Gasteiger partial charge is 0.447 e. The van der Waals surface area contributed by atoms with E-state index in [0.29, 0.717) is 31.5 Å². The van der Waals surface area contributed by atoms with E-state index in [-0.39, 0.29) is 11.0 Å². The van der Waals surface area contributed by atoms with Crippen LogP contribution in [-0.4, -0.2) is 34.7 Å². The predicted molar refractivity (Wildman–Crippen MR) is 74.8 cm³/mol. The fourth-order valence-electron chi connectivity index (χ4n) is 1.80. The molecule has 0 spiro atoms. The van der Waals surface area contributed by atoms with E-state index in [1.54, 1.807) is 13.2 Å². The first-order valence-electron chi connectivity index (χ1n) is 6.82. The maximum Gasteiger partial charge on any atom is 0.273 e. The van der Waals surface area contributed by atoms with Crippen molar-refractivity contribution in [3.63, 3.8) is 0 Å². The molecule has 20 heavy (non-hydrogen) atoms. The summed E-state index contributed by atoms with van der Waals surface area (Å²) in [6.45, 7) is 3.32. The van der Waals surface area contributed by atoms with Gasteiger partial charge in [-0.1, -0.05) is 6.92 Å². The van der Waals surface area contributed by atoms with Gasteiger partial charge in [-0.05, 0) is 30.9 Å². The summed E-state index contributed by atoms with van der Waals surface area (Å²) >= 11 is 0. The number of rotatable bonds is 9. The van der Waals surface area contributed by atoms with E-state index in [9.17, 15) is 8.42 Å². The van der Waals surface area contributed by atoms with Crippen molar-refractivity contribution in [1.29, 1.82) is 0 Å². The second-order valence-corrected chi connectivity index (χ2v) is 6.99. The molecule has 0 bridgehead atoms. The van der Waals surface area contributed by atoms with Gasteiger partial charge in [0.25, 0.3) is 10.0 Å². The Hall–Kier alpha value is -0.890. The molecule has 0 radical (unpaired) electrons. The summed E-state index contributed by atoms with van der Waals surface area (Å²) in [6, 6.07) is 3.75. The van der Waals surface area contributed by atoms with Crippen LogP contribution < -0.4 is 10.0 Å². The van der Waals surface area contributed by atoms with Crippen molar-refractivity contribution in [2.45, 2.75) is 37.4 Å². The minimum Gasteiger partial charge on any atom is -0.447 e. The van der Waals surface area contributed by atoms with E-state index >= 15 is 0 Å². The minimum atomic E-state index is -3.58. The zero-order valence-corrected chi connectivity index (χ0v) is 12.7. The molecule has 0 amide bonds. The van der Waals surface area contributed by atoms with Crippen LogP contribution in [0.15, 0.2) is 21.6 Å². The summed E-state index contributed by atoms with van der Waals surface area (Å²) in [7, 11) is -1.98. The summed E-state index contributed by atoms with van der Waals surface area (Å²) in [4.78, 5) is 0. The second-order valence-electron chi connectivity index (χ2n) is 5.29. The molecule has 0 saturated heterocycles. The maximum absolute atomic E-state index is 12.0. The average Bonchev–Trinajstić information content (AvgIpc) is 3.11. The zero-order valence-electron chi connectivity index (χ0n) is 11.9. The molecule has 1 fully saturated rings. The molecule has 114 valence electrons. The summed E-state index contributed by atoms with van der Waals surface area (Å²) < 4.78 is 37.0. The van der Waals surface area contributed by atoms with Gasteiger partial charge in [-0.2, -0.15) is 0 Å². The summed E-state index contributed by atoms with van der Waals surface area (Å²) in [5.74, 6) is 0.753. The smallest absolute Gasteiger partial charge is 0.273 e. The average molecular weight is 302 g/mol. The molecule has 1 aromatic rings. The van der Waals surface area contributed by atoms with E-state index < -0.39 is 10.0 Å². The lowest BCUT2D eigenvalue weighted by Crippen LogP contribution is -2.29. The quantitative estimate of drug-likeness (QED) is 0.714. The number of methoxy groups -OCH3 is 1. The van der Waals surface area contributed by atoms with Gasteiger partial charge in [-0.3, -0.25) is 0 Å². The Labute approximate surface area is 119 Å². The van der Waals surface area contributed by atoms with Gasteiger partial charge in [0.05, 0.1) is 6.54 Å². The lowest BCUT2D eigenvalue weighted by atomic mass is 10.2. The van der Waals surface area contributed by atoms with Crippen LogP contribution in [0, 0.1) is 5.92 Å². The molecule has 0 aromatic carbocycles. The van der Waals surface area contributed by atoms with Crippen LogP contribution in [0.4, 0.5) is 0 Å². The van der Waals surface area contributed by atoms with Gasteiger partial charge in [0.1, 0.15) is 5.76 Å². The van der Waals surface area contributed by atoms with Crippen LogP contribution in [0.2, 0.25) is 0 Å².